The maximum atomic E-state index is 12.8. The standard InChI is InChI=1S/C20H17F3N4O3/c1-2-29-19(28)17-16(13-9-24-11-25-10-13)26-18(27(17)14-5-6-14)12-3-7-15(8-4-12)30-20(21,22)23/h3-4,7-11,14H,2,5-6H2,1H3. The van der Waals surface area contributed by atoms with Gasteiger partial charge in [-0.25, -0.2) is 19.7 Å². The lowest BCUT2D eigenvalue weighted by molar-refractivity contribution is -0.274. The van der Waals surface area contributed by atoms with Gasteiger partial charge in [-0.15, -0.1) is 13.2 Å². The van der Waals surface area contributed by atoms with E-state index < -0.39 is 12.3 Å². The van der Waals surface area contributed by atoms with Gasteiger partial charge in [-0.05, 0) is 44.0 Å². The van der Waals surface area contributed by atoms with Crippen molar-refractivity contribution >= 4 is 5.97 Å². The molecule has 4 rings (SSSR count). The Kier molecular flexibility index (Phi) is 5.15. The molecule has 1 aliphatic carbocycles. The SMILES string of the molecule is CCOC(=O)c1c(-c2cncnc2)nc(-c2ccc(OC(F)(F)F)cc2)n1C1CC1. The molecule has 0 unspecified atom stereocenters. The van der Waals surface area contributed by atoms with Crippen LogP contribution in [-0.2, 0) is 4.74 Å². The summed E-state index contributed by atoms with van der Waals surface area (Å²) in [5.41, 5.74) is 1.73. The number of alkyl halides is 3. The van der Waals surface area contributed by atoms with Gasteiger partial charge in [0.1, 0.15) is 23.6 Å². The summed E-state index contributed by atoms with van der Waals surface area (Å²) < 4.78 is 48.3. The van der Waals surface area contributed by atoms with Gasteiger partial charge < -0.3 is 14.0 Å². The van der Waals surface area contributed by atoms with E-state index in [1.54, 1.807) is 23.9 Å². The van der Waals surface area contributed by atoms with Crippen molar-refractivity contribution in [3.8, 4) is 28.4 Å². The van der Waals surface area contributed by atoms with Crippen LogP contribution in [-0.4, -0.2) is 38.5 Å². The fourth-order valence-corrected chi connectivity index (χ4v) is 3.15. The maximum absolute atomic E-state index is 12.8. The molecule has 2 heterocycles. The van der Waals surface area contributed by atoms with E-state index in [4.69, 9.17) is 4.74 Å². The minimum atomic E-state index is -4.77. The smallest absolute Gasteiger partial charge is 0.461 e. The molecule has 3 aromatic rings. The zero-order chi connectivity index (χ0) is 21.3. The van der Waals surface area contributed by atoms with E-state index in [1.807, 2.05) is 0 Å². The highest BCUT2D eigenvalue weighted by Gasteiger charge is 2.35. The van der Waals surface area contributed by atoms with E-state index in [1.165, 1.54) is 30.6 Å². The number of hydrogen-bond acceptors (Lipinski definition) is 6. The van der Waals surface area contributed by atoms with Gasteiger partial charge in [0, 0.05) is 29.6 Å². The molecule has 0 radical (unpaired) electrons. The number of aromatic nitrogens is 4. The second kappa shape index (κ2) is 7.77. The number of carbonyl (C=O) groups is 1. The molecule has 0 amide bonds. The molecule has 1 fully saturated rings. The Morgan fingerprint density at radius 2 is 1.80 bits per heavy atom. The number of nitrogens with zero attached hydrogens (tertiary/aromatic N) is 4. The highest BCUT2D eigenvalue weighted by molar-refractivity contribution is 5.96. The van der Waals surface area contributed by atoms with Crippen LogP contribution in [0.2, 0.25) is 0 Å². The van der Waals surface area contributed by atoms with Crippen molar-refractivity contribution < 1.29 is 27.4 Å². The molecule has 0 saturated heterocycles. The molecule has 0 N–H and O–H groups in total. The number of halogens is 3. The molecule has 2 aromatic heterocycles. The Balaban J connectivity index is 1.83. The minimum absolute atomic E-state index is 0.0522. The molecule has 7 nitrogen and oxygen atoms in total. The van der Waals surface area contributed by atoms with Gasteiger partial charge in [-0.2, -0.15) is 0 Å². The average Bonchev–Trinajstić information content (AvgIpc) is 3.47. The molecule has 1 aliphatic rings. The molecule has 1 saturated carbocycles. The van der Waals surface area contributed by atoms with Crippen molar-refractivity contribution in [2.24, 2.45) is 0 Å². The Labute approximate surface area is 169 Å². The van der Waals surface area contributed by atoms with Gasteiger partial charge in [-0.3, -0.25) is 0 Å². The number of carbonyl (C=O) groups excluding carboxylic acids is 1. The van der Waals surface area contributed by atoms with Crippen molar-refractivity contribution in [1.82, 2.24) is 19.5 Å². The van der Waals surface area contributed by atoms with E-state index in [0.717, 1.165) is 12.8 Å². The second-order valence-electron chi connectivity index (χ2n) is 6.65. The lowest BCUT2D eigenvalue weighted by Gasteiger charge is -2.12. The van der Waals surface area contributed by atoms with Crippen molar-refractivity contribution in [2.45, 2.75) is 32.2 Å². The van der Waals surface area contributed by atoms with Gasteiger partial charge in [0.05, 0.1) is 6.61 Å². The fourth-order valence-electron chi connectivity index (χ4n) is 3.15. The highest BCUT2D eigenvalue weighted by Crippen LogP contribution is 2.42. The predicted octanol–water partition coefficient (Wildman–Crippen LogP) is 4.42. The molecule has 156 valence electrons. The summed E-state index contributed by atoms with van der Waals surface area (Å²) >= 11 is 0. The first-order valence-electron chi connectivity index (χ1n) is 9.28. The van der Waals surface area contributed by atoms with Crippen molar-refractivity contribution in [3.05, 3.63) is 48.7 Å². The number of hydrogen-bond donors (Lipinski definition) is 0. The number of imidazole rings is 1. The quantitative estimate of drug-likeness (QED) is 0.552. The predicted molar refractivity (Wildman–Crippen MR) is 99.6 cm³/mol. The first-order valence-corrected chi connectivity index (χ1v) is 9.28. The molecule has 10 heteroatoms. The fraction of sp³-hybridized carbons (Fsp3) is 0.300. The van der Waals surface area contributed by atoms with E-state index in [0.29, 0.717) is 22.6 Å². The first kappa shape index (κ1) is 19.9. The molecular formula is C20H17F3N4O3. The van der Waals surface area contributed by atoms with Gasteiger partial charge in [-0.1, -0.05) is 0 Å². The van der Waals surface area contributed by atoms with Crippen LogP contribution in [0.5, 0.6) is 5.75 Å². The molecular weight excluding hydrogens is 401 g/mol. The molecule has 0 spiro atoms. The van der Waals surface area contributed by atoms with Gasteiger partial charge in [0.25, 0.3) is 0 Å². The number of esters is 1. The lowest BCUT2D eigenvalue weighted by Crippen LogP contribution is -2.17. The second-order valence-corrected chi connectivity index (χ2v) is 6.65. The molecule has 0 aliphatic heterocycles. The summed E-state index contributed by atoms with van der Waals surface area (Å²) in [5.74, 6) is -0.407. The number of ether oxygens (including phenoxy) is 2. The summed E-state index contributed by atoms with van der Waals surface area (Å²) in [7, 11) is 0. The van der Waals surface area contributed by atoms with Crippen molar-refractivity contribution in [3.63, 3.8) is 0 Å². The average molecular weight is 418 g/mol. The molecule has 0 bridgehead atoms. The zero-order valence-electron chi connectivity index (χ0n) is 15.9. The Hall–Kier alpha value is -3.43. The molecule has 0 atom stereocenters. The van der Waals surface area contributed by atoms with Crippen LogP contribution in [0.15, 0.2) is 43.0 Å². The van der Waals surface area contributed by atoms with E-state index >= 15 is 0 Å². The van der Waals surface area contributed by atoms with Crippen LogP contribution in [0.4, 0.5) is 13.2 Å². The van der Waals surface area contributed by atoms with Crippen molar-refractivity contribution in [2.75, 3.05) is 6.61 Å². The van der Waals surface area contributed by atoms with Crippen LogP contribution in [0.3, 0.4) is 0 Å². The summed E-state index contributed by atoms with van der Waals surface area (Å²) in [4.78, 5) is 25.4. The van der Waals surface area contributed by atoms with Crippen molar-refractivity contribution in [1.29, 1.82) is 0 Å². The van der Waals surface area contributed by atoms with Crippen LogP contribution in [0.25, 0.3) is 22.6 Å². The maximum Gasteiger partial charge on any atom is 0.573 e. The van der Waals surface area contributed by atoms with Gasteiger partial charge in [0.15, 0.2) is 5.69 Å². The summed E-state index contributed by atoms with van der Waals surface area (Å²) in [6, 6.07) is 5.43. The van der Waals surface area contributed by atoms with E-state index in [9.17, 15) is 18.0 Å². The number of rotatable bonds is 6. The normalized spacial score (nSPS) is 13.9. The van der Waals surface area contributed by atoms with Gasteiger partial charge in [0.2, 0.25) is 0 Å². The topological polar surface area (TPSA) is 79.1 Å². The third-order valence-corrected chi connectivity index (χ3v) is 4.47. The van der Waals surface area contributed by atoms with Gasteiger partial charge >= 0.3 is 12.3 Å². The summed E-state index contributed by atoms with van der Waals surface area (Å²) in [6.07, 6.45) is 1.39. The molecule has 1 aromatic carbocycles. The van der Waals surface area contributed by atoms with Crippen LogP contribution in [0.1, 0.15) is 36.3 Å². The largest absolute Gasteiger partial charge is 0.573 e. The monoisotopic (exact) mass is 418 g/mol. The van der Waals surface area contributed by atoms with E-state index in [2.05, 4.69) is 19.7 Å². The molecule has 30 heavy (non-hydrogen) atoms. The third-order valence-electron chi connectivity index (χ3n) is 4.47. The first-order chi connectivity index (χ1) is 14.4. The minimum Gasteiger partial charge on any atom is -0.461 e. The highest BCUT2D eigenvalue weighted by atomic mass is 19.4. The van der Waals surface area contributed by atoms with E-state index in [-0.39, 0.29) is 24.1 Å². The van der Waals surface area contributed by atoms with Crippen LogP contribution < -0.4 is 4.74 Å². The Morgan fingerprint density at radius 3 is 2.37 bits per heavy atom. The Morgan fingerprint density at radius 1 is 1.13 bits per heavy atom. The lowest BCUT2D eigenvalue weighted by atomic mass is 10.2. The summed E-state index contributed by atoms with van der Waals surface area (Å²) in [6.45, 7) is 1.90. The third kappa shape index (κ3) is 4.12. The summed E-state index contributed by atoms with van der Waals surface area (Å²) in [5, 5.41) is 0. The van der Waals surface area contributed by atoms with Crippen LogP contribution >= 0.6 is 0 Å². The van der Waals surface area contributed by atoms with Crippen LogP contribution in [0, 0.1) is 0 Å². The number of benzene rings is 1. The Bertz CT molecular complexity index is 1050. The zero-order valence-corrected chi connectivity index (χ0v) is 15.9.